The van der Waals surface area contributed by atoms with Gasteiger partial charge in [0.1, 0.15) is 9.09 Å². The lowest BCUT2D eigenvalue weighted by Crippen LogP contribution is -2.27. The summed E-state index contributed by atoms with van der Waals surface area (Å²) in [5.74, 6) is -1.21. The SMILES string of the molecule is Cc1cc(S(=O)(=O)NCC(C)c2ccccn2)sc1C(=O)O. The van der Waals surface area contributed by atoms with Gasteiger partial charge >= 0.3 is 5.97 Å². The molecule has 0 bridgehead atoms. The number of sulfonamides is 1. The van der Waals surface area contributed by atoms with Gasteiger partial charge in [0.2, 0.25) is 10.0 Å². The summed E-state index contributed by atoms with van der Waals surface area (Å²) in [5.41, 5.74) is 1.23. The quantitative estimate of drug-likeness (QED) is 0.840. The number of rotatable bonds is 6. The van der Waals surface area contributed by atoms with E-state index in [4.69, 9.17) is 5.11 Å². The van der Waals surface area contributed by atoms with Crippen LogP contribution in [-0.4, -0.2) is 31.0 Å². The second-order valence-corrected chi connectivity index (χ2v) is 7.94. The zero-order valence-corrected chi connectivity index (χ0v) is 13.7. The standard InChI is InChI=1S/C14H16N2O4S2/c1-9-7-12(21-13(9)14(17)18)22(19,20)16-8-10(2)11-5-3-4-6-15-11/h3-7,10,16H,8H2,1-2H3,(H,17,18). The smallest absolute Gasteiger partial charge is 0.346 e. The van der Waals surface area contributed by atoms with Crippen molar-refractivity contribution in [1.82, 2.24) is 9.71 Å². The number of thiophene rings is 1. The van der Waals surface area contributed by atoms with E-state index >= 15 is 0 Å². The molecule has 0 spiro atoms. The Morgan fingerprint density at radius 2 is 2.18 bits per heavy atom. The summed E-state index contributed by atoms with van der Waals surface area (Å²) in [5, 5.41) is 9.00. The van der Waals surface area contributed by atoms with Gasteiger partial charge in [0.15, 0.2) is 0 Å². The predicted molar refractivity (Wildman–Crippen MR) is 83.9 cm³/mol. The van der Waals surface area contributed by atoms with Gasteiger partial charge in [-0.05, 0) is 30.7 Å². The fraction of sp³-hybridized carbons (Fsp3) is 0.286. The second kappa shape index (κ2) is 6.55. The van der Waals surface area contributed by atoms with Crippen LogP contribution < -0.4 is 4.72 Å². The lowest BCUT2D eigenvalue weighted by Gasteiger charge is -2.11. The Hall–Kier alpha value is -1.77. The van der Waals surface area contributed by atoms with E-state index in [0.29, 0.717) is 5.56 Å². The van der Waals surface area contributed by atoms with Gasteiger partial charge in [-0.1, -0.05) is 13.0 Å². The number of carbonyl (C=O) groups is 1. The molecule has 0 aliphatic carbocycles. The molecule has 0 saturated carbocycles. The minimum absolute atomic E-state index is 0.00983. The molecular weight excluding hydrogens is 324 g/mol. The van der Waals surface area contributed by atoms with Gasteiger partial charge in [0, 0.05) is 24.4 Å². The Kier molecular flexibility index (Phi) is 4.94. The molecule has 6 nitrogen and oxygen atoms in total. The minimum atomic E-state index is -3.72. The zero-order valence-electron chi connectivity index (χ0n) is 12.1. The second-order valence-electron chi connectivity index (χ2n) is 4.89. The Bertz CT molecular complexity index is 769. The number of aryl methyl sites for hydroxylation is 1. The van der Waals surface area contributed by atoms with Crippen molar-refractivity contribution in [2.45, 2.75) is 24.0 Å². The highest BCUT2D eigenvalue weighted by molar-refractivity contribution is 7.91. The molecule has 0 amide bonds. The molecule has 118 valence electrons. The third-order valence-corrected chi connectivity index (χ3v) is 6.25. The fourth-order valence-electron chi connectivity index (χ4n) is 1.88. The molecular formula is C14H16N2O4S2. The van der Waals surface area contributed by atoms with E-state index in [0.717, 1.165) is 17.0 Å². The summed E-state index contributed by atoms with van der Waals surface area (Å²) in [6, 6.07) is 6.84. The predicted octanol–water partition coefficient (Wildman–Crippen LogP) is 2.23. The molecule has 2 N–H and O–H groups in total. The first-order valence-corrected chi connectivity index (χ1v) is 8.85. The van der Waals surface area contributed by atoms with Crippen LogP contribution in [0.3, 0.4) is 0 Å². The van der Waals surface area contributed by atoms with E-state index in [1.807, 2.05) is 19.1 Å². The van der Waals surface area contributed by atoms with Crippen molar-refractivity contribution in [3.63, 3.8) is 0 Å². The highest BCUT2D eigenvalue weighted by Gasteiger charge is 2.22. The molecule has 0 radical (unpaired) electrons. The van der Waals surface area contributed by atoms with Crippen molar-refractivity contribution in [1.29, 1.82) is 0 Å². The van der Waals surface area contributed by atoms with Crippen LogP contribution in [0.2, 0.25) is 0 Å². The van der Waals surface area contributed by atoms with Crippen molar-refractivity contribution in [3.8, 4) is 0 Å². The van der Waals surface area contributed by atoms with Crippen LogP contribution >= 0.6 is 11.3 Å². The van der Waals surface area contributed by atoms with Crippen molar-refractivity contribution < 1.29 is 18.3 Å². The summed E-state index contributed by atoms with van der Waals surface area (Å²) in [7, 11) is -3.72. The molecule has 22 heavy (non-hydrogen) atoms. The van der Waals surface area contributed by atoms with Crippen LogP contribution in [0, 0.1) is 6.92 Å². The van der Waals surface area contributed by atoms with Gasteiger partial charge in [0.05, 0.1) is 0 Å². The average molecular weight is 340 g/mol. The van der Waals surface area contributed by atoms with Crippen LogP contribution in [0.25, 0.3) is 0 Å². The molecule has 1 unspecified atom stereocenters. The van der Waals surface area contributed by atoms with Gasteiger partial charge in [-0.25, -0.2) is 17.9 Å². The third kappa shape index (κ3) is 3.70. The van der Waals surface area contributed by atoms with Gasteiger partial charge < -0.3 is 5.11 Å². The van der Waals surface area contributed by atoms with Crippen LogP contribution in [0.5, 0.6) is 0 Å². The maximum atomic E-state index is 12.2. The molecule has 0 aromatic carbocycles. The molecule has 2 heterocycles. The molecule has 2 rings (SSSR count). The number of aromatic nitrogens is 1. The van der Waals surface area contributed by atoms with Gasteiger partial charge in [-0.15, -0.1) is 11.3 Å². The molecule has 1 atom stereocenters. The van der Waals surface area contributed by atoms with E-state index in [2.05, 4.69) is 9.71 Å². The third-order valence-electron chi connectivity index (χ3n) is 3.13. The Morgan fingerprint density at radius 1 is 1.45 bits per heavy atom. The Labute approximate surface area is 132 Å². The van der Waals surface area contributed by atoms with Crippen molar-refractivity contribution in [2.24, 2.45) is 0 Å². The first kappa shape index (κ1) is 16.6. The summed E-state index contributed by atoms with van der Waals surface area (Å²) in [6.45, 7) is 3.64. The lowest BCUT2D eigenvalue weighted by atomic mass is 10.1. The fourth-order valence-corrected chi connectivity index (χ4v) is 4.43. The van der Waals surface area contributed by atoms with Crippen molar-refractivity contribution in [2.75, 3.05) is 6.54 Å². The summed E-state index contributed by atoms with van der Waals surface area (Å²) >= 11 is 0.756. The summed E-state index contributed by atoms with van der Waals surface area (Å²) in [4.78, 5) is 15.2. The van der Waals surface area contributed by atoms with Crippen molar-refractivity contribution in [3.05, 3.63) is 46.6 Å². The Balaban J connectivity index is 2.12. The topological polar surface area (TPSA) is 96.4 Å². The largest absolute Gasteiger partial charge is 0.477 e. The van der Waals surface area contributed by atoms with Gasteiger partial charge in [-0.3, -0.25) is 4.98 Å². The number of pyridine rings is 1. The van der Waals surface area contributed by atoms with E-state index in [1.165, 1.54) is 6.07 Å². The molecule has 0 aliphatic heterocycles. The van der Waals surface area contributed by atoms with E-state index in [-0.39, 0.29) is 21.5 Å². The van der Waals surface area contributed by atoms with Crippen LogP contribution in [0.4, 0.5) is 0 Å². The zero-order chi connectivity index (χ0) is 16.3. The number of nitrogens with zero attached hydrogens (tertiary/aromatic N) is 1. The van der Waals surface area contributed by atoms with Crippen LogP contribution in [0.1, 0.15) is 33.8 Å². The van der Waals surface area contributed by atoms with E-state index < -0.39 is 16.0 Å². The normalized spacial score (nSPS) is 13.0. The molecule has 0 aliphatic rings. The minimum Gasteiger partial charge on any atom is -0.477 e. The Morgan fingerprint density at radius 3 is 2.73 bits per heavy atom. The molecule has 0 saturated heterocycles. The maximum absolute atomic E-state index is 12.2. The van der Waals surface area contributed by atoms with Crippen molar-refractivity contribution >= 4 is 27.3 Å². The first-order chi connectivity index (χ1) is 10.3. The highest BCUT2D eigenvalue weighted by atomic mass is 32.2. The summed E-state index contributed by atoms with van der Waals surface area (Å²) in [6.07, 6.45) is 1.65. The number of nitrogens with one attached hydrogen (secondary N) is 1. The maximum Gasteiger partial charge on any atom is 0.346 e. The van der Waals surface area contributed by atoms with Crippen LogP contribution in [-0.2, 0) is 10.0 Å². The summed E-state index contributed by atoms with van der Waals surface area (Å²) < 4.78 is 27.0. The van der Waals surface area contributed by atoms with Gasteiger partial charge in [-0.2, -0.15) is 0 Å². The molecule has 0 fully saturated rings. The highest BCUT2D eigenvalue weighted by Crippen LogP contribution is 2.26. The van der Waals surface area contributed by atoms with E-state index in [9.17, 15) is 13.2 Å². The lowest BCUT2D eigenvalue weighted by molar-refractivity contribution is 0.0701. The average Bonchev–Trinajstić information content (AvgIpc) is 2.89. The molecule has 2 aromatic rings. The number of carboxylic acids is 1. The van der Waals surface area contributed by atoms with Crippen LogP contribution in [0.15, 0.2) is 34.7 Å². The number of hydrogen-bond donors (Lipinski definition) is 2. The molecule has 2 aromatic heterocycles. The van der Waals surface area contributed by atoms with Gasteiger partial charge in [0.25, 0.3) is 0 Å². The first-order valence-electron chi connectivity index (χ1n) is 6.55. The number of carboxylic acid groups (broad SMARTS) is 1. The number of aromatic carboxylic acids is 1. The monoisotopic (exact) mass is 340 g/mol. The number of hydrogen-bond acceptors (Lipinski definition) is 5. The molecule has 8 heteroatoms. The van der Waals surface area contributed by atoms with E-state index in [1.54, 1.807) is 19.2 Å².